The molecular weight excluding hydrogens is 342 g/mol. The first kappa shape index (κ1) is 16.5. The van der Waals surface area contributed by atoms with Gasteiger partial charge in [0, 0.05) is 30.6 Å². The van der Waals surface area contributed by atoms with Crippen LogP contribution in [0.2, 0.25) is 0 Å². The van der Waals surface area contributed by atoms with E-state index in [9.17, 15) is 4.79 Å². The van der Waals surface area contributed by atoms with Crippen LogP contribution in [0, 0.1) is 0 Å². The Kier molecular flexibility index (Phi) is 4.60. The molecule has 8 nitrogen and oxygen atoms in total. The number of aromatic amines is 1. The van der Waals surface area contributed by atoms with E-state index in [0.717, 1.165) is 5.56 Å². The number of amides is 1. The molecule has 0 bridgehead atoms. The maximum atomic E-state index is 12.5. The van der Waals surface area contributed by atoms with Gasteiger partial charge < -0.3 is 0 Å². The maximum Gasteiger partial charge on any atom is 0.258 e. The van der Waals surface area contributed by atoms with E-state index < -0.39 is 0 Å². The molecule has 3 heterocycles. The monoisotopic (exact) mass is 357 g/mol. The van der Waals surface area contributed by atoms with Gasteiger partial charge in [0.1, 0.15) is 11.5 Å². The van der Waals surface area contributed by atoms with E-state index in [1.54, 1.807) is 42.9 Å². The number of H-pyrrole nitrogens is 1. The first-order valence-electron chi connectivity index (χ1n) is 8.28. The van der Waals surface area contributed by atoms with Gasteiger partial charge in [-0.2, -0.15) is 4.98 Å². The summed E-state index contributed by atoms with van der Waals surface area (Å²) in [5.41, 5.74) is 2.10. The molecule has 0 saturated carbocycles. The van der Waals surface area contributed by atoms with Crippen LogP contribution in [0.3, 0.4) is 0 Å². The van der Waals surface area contributed by atoms with Gasteiger partial charge in [0.2, 0.25) is 5.95 Å². The van der Waals surface area contributed by atoms with Crippen LogP contribution in [-0.2, 0) is 6.42 Å². The second-order valence-corrected chi connectivity index (χ2v) is 5.72. The molecule has 0 aliphatic carbocycles. The predicted molar refractivity (Wildman–Crippen MR) is 98.8 cm³/mol. The predicted octanol–water partition coefficient (Wildman–Crippen LogP) is 2.50. The van der Waals surface area contributed by atoms with Crippen molar-refractivity contribution in [1.29, 1.82) is 0 Å². The van der Waals surface area contributed by atoms with E-state index >= 15 is 0 Å². The van der Waals surface area contributed by atoms with Gasteiger partial charge >= 0.3 is 0 Å². The zero-order chi connectivity index (χ0) is 18.5. The Morgan fingerprint density at radius 1 is 0.963 bits per heavy atom. The molecule has 27 heavy (non-hydrogen) atoms. The van der Waals surface area contributed by atoms with Gasteiger partial charge in [-0.3, -0.25) is 20.2 Å². The smallest absolute Gasteiger partial charge is 0.258 e. The lowest BCUT2D eigenvalue weighted by Gasteiger charge is -2.04. The van der Waals surface area contributed by atoms with Crippen LogP contribution < -0.4 is 5.32 Å². The molecule has 2 N–H and O–H groups in total. The minimum Gasteiger partial charge on any atom is -0.289 e. The van der Waals surface area contributed by atoms with E-state index in [-0.39, 0.29) is 11.9 Å². The molecule has 1 amide bonds. The minimum absolute atomic E-state index is 0.192. The highest BCUT2D eigenvalue weighted by Gasteiger charge is 2.12. The third kappa shape index (κ3) is 4.01. The first-order valence-corrected chi connectivity index (χ1v) is 8.28. The maximum absolute atomic E-state index is 12.5. The molecule has 0 atom stereocenters. The quantitative estimate of drug-likeness (QED) is 0.568. The summed E-state index contributed by atoms with van der Waals surface area (Å²) in [6.45, 7) is 0. The summed E-state index contributed by atoms with van der Waals surface area (Å²) >= 11 is 0. The Labute approximate surface area is 154 Å². The first-order chi connectivity index (χ1) is 13.3. The molecule has 132 valence electrons. The summed E-state index contributed by atoms with van der Waals surface area (Å²) in [5, 5.41) is 9.48. The second kappa shape index (κ2) is 7.52. The number of nitrogens with one attached hydrogen (secondary N) is 2. The fourth-order valence-corrected chi connectivity index (χ4v) is 2.54. The van der Waals surface area contributed by atoms with E-state index in [1.165, 1.54) is 0 Å². The van der Waals surface area contributed by atoms with Crippen molar-refractivity contribution in [2.24, 2.45) is 0 Å². The topological polar surface area (TPSA) is 109 Å². The standard InChI is InChI=1S/C19H15N7O/c27-18(24-19-23-17(25-26-19)15-7-1-2-8-20-15)14-6-3-5-13(11-14)12-16-21-9-4-10-22-16/h1-11H,12H2,(H2,23,24,25,26,27). The Morgan fingerprint density at radius 3 is 2.63 bits per heavy atom. The van der Waals surface area contributed by atoms with Crippen molar-refractivity contribution in [3.63, 3.8) is 0 Å². The SMILES string of the molecule is O=C(Nc1n[nH]c(-c2ccccn2)n1)c1cccc(Cc2ncccn2)c1. The fraction of sp³-hybridized carbons (Fsp3) is 0.0526. The number of carbonyl (C=O) groups excluding carboxylic acids is 1. The number of hydrogen-bond acceptors (Lipinski definition) is 6. The number of anilines is 1. The van der Waals surface area contributed by atoms with Crippen LogP contribution in [0.5, 0.6) is 0 Å². The number of aromatic nitrogens is 6. The lowest BCUT2D eigenvalue weighted by atomic mass is 10.1. The van der Waals surface area contributed by atoms with Gasteiger partial charge in [-0.15, -0.1) is 5.10 Å². The molecule has 3 aromatic heterocycles. The number of nitrogens with zero attached hydrogens (tertiary/aromatic N) is 5. The molecule has 8 heteroatoms. The van der Waals surface area contributed by atoms with Gasteiger partial charge in [-0.1, -0.05) is 18.2 Å². The van der Waals surface area contributed by atoms with E-state index in [1.807, 2.05) is 24.3 Å². The summed E-state index contributed by atoms with van der Waals surface area (Å²) in [7, 11) is 0. The molecular formula is C19H15N7O. The van der Waals surface area contributed by atoms with Crippen molar-refractivity contribution in [3.8, 4) is 11.5 Å². The zero-order valence-electron chi connectivity index (χ0n) is 14.2. The van der Waals surface area contributed by atoms with Gasteiger partial charge in [-0.05, 0) is 35.9 Å². The Hall–Kier alpha value is -3.94. The summed E-state index contributed by atoms with van der Waals surface area (Å²) in [4.78, 5) is 29.4. The third-order valence-electron chi connectivity index (χ3n) is 3.79. The van der Waals surface area contributed by atoms with Gasteiger partial charge in [0.25, 0.3) is 5.91 Å². The molecule has 0 unspecified atom stereocenters. The molecule has 0 spiro atoms. The number of pyridine rings is 1. The van der Waals surface area contributed by atoms with Crippen molar-refractivity contribution in [2.45, 2.75) is 6.42 Å². The van der Waals surface area contributed by atoms with Gasteiger partial charge in [0.05, 0.1) is 0 Å². The van der Waals surface area contributed by atoms with E-state index in [0.29, 0.717) is 29.3 Å². The molecule has 0 radical (unpaired) electrons. The van der Waals surface area contributed by atoms with Gasteiger partial charge in [0.15, 0.2) is 5.82 Å². The van der Waals surface area contributed by atoms with Crippen LogP contribution in [0.1, 0.15) is 21.7 Å². The van der Waals surface area contributed by atoms with Crippen LogP contribution in [0.15, 0.2) is 67.1 Å². The Morgan fingerprint density at radius 2 is 1.81 bits per heavy atom. The molecule has 0 saturated heterocycles. The Balaban J connectivity index is 1.47. The van der Waals surface area contributed by atoms with E-state index in [4.69, 9.17) is 0 Å². The highest BCUT2D eigenvalue weighted by Crippen LogP contribution is 2.14. The summed E-state index contributed by atoms with van der Waals surface area (Å²) < 4.78 is 0. The molecule has 1 aromatic carbocycles. The number of rotatable bonds is 5. The van der Waals surface area contributed by atoms with Crippen molar-refractivity contribution in [3.05, 3.63) is 84.1 Å². The molecule has 0 fully saturated rings. The average Bonchev–Trinajstić information content (AvgIpc) is 3.18. The molecule has 0 aliphatic heterocycles. The van der Waals surface area contributed by atoms with Crippen molar-refractivity contribution >= 4 is 11.9 Å². The number of hydrogen-bond donors (Lipinski definition) is 2. The van der Waals surface area contributed by atoms with E-state index in [2.05, 4.69) is 35.5 Å². The zero-order valence-corrected chi connectivity index (χ0v) is 14.2. The van der Waals surface area contributed by atoms with Crippen LogP contribution in [0.4, 0.5) is 5.95 Å². The third-order valence-corrected chi connectivity index (χ3v) is 3.79. The number of benzene rings is 1. The lowest BCUT2D eigenvalue weighted by Crippen LogP contribution is -2.13. The van der Waals surface area contributed by atoms with Crippen LogP contribution >= 0.6 is 0 Å². The highest BCUT2D eigenvalue weighted by molar-refractivity contribution is 6.03. The molecule has 4 aromatic rings. The second-order valence-electron chi connectivity index (χ2n) is 5.72. The Bertz CT molecular complexity index is 1050. The highest BCUT2D eigenvalue weighted by atomic mass is 16.1. The van der Waals surface area contributed by atoms with Crippen molar-refractivity contribution in [1.82, 2.24) is 30.1 Å². The van der Waals surface area contributed by atoms with Crippen LogP contribution in [0.25, 0.3) is 11.5 Å². The average molecular weight is 357 g/mol. The van der Waals surface area contributed by atoms with Gasteiger partial charge in [-0.25, -0.2) is 9.97 Å². The summed E-state index contributed by atoms with van der Waals surface area (Å²) in [6.07, 6.45) is 5.60. The largest absolute Gasteiger partial charge is 0.289 e. The molecule has 4 rings (SSSR count). The number of carbonyl (C=O) groups is 1. The van der Waals surface area contributed by atoms with Crippen LogP contribution in [-0.4, -0.2) is 36.0 Å². The molecule has 0 aliphatic rings. The fourth-order valence-electron chi connectivity index (χ4n) is 2.54. The normalized spacial score (nSPS) is 10.5. The van der Waals surface area contributed by atoms with Crippen molar-refractivity contribution in [2.75, 3.05) is 5.32 Å². The minimum atomic E-state index is -0.294. The lowest BCUT2D eigenvalue weighted by molar-refractivity contribution is 0.102. The summed E-state index contributed by atoms with van der Waals surface area (Å²) in [6, 6.07) is 14.5. The van der Waals surface area contributed by atoms with Crippen molar-refractivity contribution < 1.29 is 4.79 Å². The summed E-state index contributed by atoms with van der Waals surface area (Å²) in [5.74, 6) is 1.08.